The topological polar surface area (TPSA) is 84.0 Å². The number of aromatic nitrogens is 2. The molecule has 8 heteroatoms. The molecule has 3 aromatic rings. The highest BCUT2D eigenvalue weighted by Gasteiger charge is 2.24. The number of thioether (sulfide) groups is 1. The fraction of sp³-hybridized carbons (Fsp3) is 0.280. The summed E-state index contributed by atoms with van der Waals surface area (Å²) >= 11 is 7.66. The fourth-order valence-corrected chi connectivity index (χ4v) is 3.92. The van der Waals surface area contributed by atoms with Gasteiger partial charge in [-0.25, -0.2) is 9.97 Å². The number of halogens is 1. The first kappa shape index (κ1) is 24.7. The van der Waals surface area contributed by atoms with Gasteiger partial charge < -0.3 is 10.6 Å². The summed E-state index contributed by atoms with van der Waals surface area (Å²) in [6.45, 7) is 4.44. The van der Waals surface area contributed by atoms with Gasteiger partial charge in [-0.15, -0.1) is 0 Å². The Morgan fingerprint density at radius 2 is 1.79 bits per heavy atom. The zero-order chi connectivity index (χ0) is 23.6. The third kappa shape index (κ3) is 7.58. The van der Waals surface area contributed by atoms with Crippen LogP contribution in [0.2, 0.25) is 5.02 Å². The molecule has 0 saturated heterocycles. The average molecular weight is 483 g/mol. The van der Waals surface area contributed by atoms with E-state index in [-0.39, 0.29) is 16.6 Å². The summed E-state index contributed by atoms with van der Waals surface area (Å²) < 4.78 is 0. The van der Waals surface area contributed by atoms with Gasteiger partial charge in [0.15, 0.2) is 10.9 Å². The van der Waals surface area contributed by atoms with Gasteiger partial charge in [0.2, 0.25) is 5.91 Å². The summed E-state index contributed by atoms with van der Waals surface area (Å²) in [7, 11) is 0. The van der Waals surface area contributed by atoms with Crippen LogP contribution in [0.25, 0.3) is 0 Å². The van der Waals surface area contributed by atoms with E-state index >= 15 is 0 Å². The number of carbonyl (C=O) groups excluding carboxylic acids is 2. The molecule has 0 aliphatic rings. The van der Waals surface area contributed by atoms with Crippen molar-refractivity contribution in [1.29, 1.82) is 0 Å². The first-order valence-electron chi connectivity index (χ1n) is 10.8. The number of nitrogens with one attached hydrogen (secondary N) is 2. The third-order valence-electron chi connectivity index (χ3n) is 4.86. The van der Waals surface area contributed by atoms with Crippen LogP contribution in [0.5, 0.6) is 0 Å². The lowest BCUT2D eigenvalue weighted by atomic mass is 10.0. The van der Waals surface area contributed by atoms with Crippen LogP contribution >= 0.6 is 23.4 Å². The van der Waals surface area contributed by atoms with Crippen LogP contribution in [-0.2, 0) is 17.8 Å². The Kier molecular flexibility index (Phi) is 9.27. The second-order valence-electron chi connectivity index (χ2n) is 7.62. The lowest BCUT2D eigenvalue weighted by molar-refractivity contribution is -0.123. The molecule has 6 nitrogen and oxygen atoms in total. The maximum Gasteiger partial charge on any atom is 0.272 e. The highest BCUT2D eigenvalue weighted by Crippen LogP contribution is 2.19. The average Bonchev–Trinajstić information content (AvgIpc) is 2.83. The largest absolute Gasteiger partial charge is 0.350 e. The van der Waals surface area contributed by atoms with Gasteiger partial charge in [-0.2, -0.15) is 0 Å². The smallest absolute Gasteiger partial charge is 0.272 e. The Morgan fingerprint density at radius 3 is 2.48 bits per heavy atom. The SMILES string of the molecule is CCCSc1ncc(Cl)c(C(=O)N[C@H](Cc2ccccc2)C(=O)NCc2ccc(C)cc2)n1. The molecule has 0 spiro atoms. The zero-order valence-electron chi connectivity index (χ0n) is 18.7. The summed E-state index contributed by atoms with van der Waals surface area (Å²) in [6, 6.07) is 16.7. The Balaban J connectivity index is 1.75. The summed E-state index contributed by atoms with van der Waals surface area (Å²) in [6.07, 6.45) is 2.72. The van der Waals surface area contributed by atoms with Crippen molar-refractivity contribution in [2.45, 2.75) is 44.4 Å². The second-order valence-corrected chi connectivity index (χ2v) is 9.09. The lowest BCUT2D eigenvalue weighted by Crippen LogP contribution is -2.48. The number of benzene rings is 2. The van der Waals surface area contributed by atoms with E-state index in [1.54, 1.807) is 0 Å². The summed E-state index contributed by atoms with van der Waals surface area (Å²) in [5.41, 5.74) is 3.13. The highest BCUT2D eigenvalue weighted by atomic mass is 35.5. The number of hydrogen-bond acceptors (Lipinski definition) is 5. The molecule has 0 aliphatic carbocycles. The van der Waals surface area contributed by atoms with E-state index in [0.717, 1.165) is 28.9 Å². The zero-order valence-corrected chi connectivity index (χ0v) is 20.2. The van der Waals surface area contributed by atoms with Crippen LogP contribution in [0.3, 0.4) is 0 Å². The van der Waals surface area contributed by atoms with Gasteiger partial charge in [-0.3, -0.25) is 9.59 Å². The molecule has 3 rings (SSSR count). The van der Waals surface area contributed by atoms with E-state index in [9.17, 15) is 9.59 Å². The molecule has 0 bridgehead atoms. The minimum atomic E-state index is -0.789. The Bertz CT molecular complexity index is 1080. The Morgan fingerprint density at radius 1 is 1.06 bits per heavy atom. The quantitative estimate of drug-likeness (QED) is 0.326. The lowest BCUT2D eigenvalue weighted by Gasteiger charge is -2.19. The highest BCUT2D eigenvalue weighted by molar-refractivity contribution is 7.99. The number of amides is 2. The fourth-order valence-electron chi connectivity index (χ4n) is 3.08. The molecule has 172 valence electrons. The number of carbonyl (C=O) groups is 2. The summed E-state index contributed by atoms with van der Waals surface area (Å²) in [5.74, 6) is 0.0477. The van der Waals surface area contributed by atoms with Gasteiger partial charge >= 0.3 is 0 Å². The molecule has 0 fully saturated rings. The monoisotopic (exact) mass is 482 g/mol. The van der Waals surface area contributed by atoms with Crippen molar-refractivity contribution in [3.8, 4) is 0 Å². The van der Waals surface area contributed by atoms with Crippen molar-refractivity contribution < 1.29 is 9.59 Å². The van der Waals surface area contributed by atoms with E-state index < -0.39 is 11.9 Å². The van der Waals surface area contributed by atoms with Crippen LogP contribution in [0.15, 0.2) is 66.0 Å². The second kappa shape index (κ2) is 12.4. The predicted molar refractivity (Wildman–Crippen MR) is 132 cm³/mol. The molecule has 1 aromatic heterocycles. The van der Waals surface area contributed by atoms with Crippen molar-refractivity contribution in [3.05, 3.63) is 88.2 Å². The van der Waals surface area contributed by atoms with Gasteiger partial charge in [0.25, 0.3) is 5.91 Å². The van der Waals surface area contributed by atoms with Crippen molar-refractivity contribution in [3.63, 3.8) is 0 Å². The molecule has 0 aliphatic heterocycles. The Hall–Kier alpha value is -2.90. The maximum absolute atomic E-state index is 13.1. The molecule has 33 heavy (non-hydrogen) atoms. The van der Waals surface area contributed by atoms with Gasteiger partial charge in [-0.05, 0) is 24.5 Å². The predicted octanol–water partition coefficient (Wildman–Crippen LogP) is 4.60. The van der Waals surface area contributed by atoms with Crippen LogP contribution in [0.4, 0.5) is 0 Å². The minimum absolute atomic E-state index is 0.0645. The van der Waals surface area contributed by atoms with Crippen molar-refractivity contribution >= 4 is 35.2 Å². The van der Waals surface area contributed by atoms with E-state index in [0.29, 0.717) is 18.1 Å². The summed E-state index contributed by atoms with van der Waals surface area (Å²) in [4.78, 5) is 34.6. The maximum atomic E-state index is 13.1. The Labute approximate surface area is 203 Å². The molecule has 2 aromatic carbocycles. The number of aryl methyl sites for hydroxylation is 1. The van der Waals surface area contributed by atoms with E-state index in [1.807, 2.05) is 61.5 Å². The molecular formula is C25H27ClN4O2S. The van der Waals surface area contributed by atoms with Gasteiger partial charge in [0.1, 0.15) is 6.04 Å². The number of hydrogen-bond donors (Lipinski definition) is 2. The third-order valence-corrected chi connectivity index (χ3v) is 6.21. The first-order chi connectivity index (χ1) is 16.0. The number of rotatable bonds is 10. The molecule has 2 N–H and O–H groups in total. The minimum Gasteiger partial charge on any atom is -0.350 e. The van der Waals surface area contributed by atoms with Crippen molar-refractivity contribution in [2.75, 3.05) is 5.75 Å². The van der Waals surface area contributed by atoms with Crippen LogP contribution in [0.1, 0.15) is 40.5 Å². The molecule has 0 radical (unpaired) electrons. The molecule has 0 unspecified atom stereocenters. The van der Waals surface area contributed by atoms with Crippen LogP contribution < -0.4 is 10.6 Å². The van der Waals surface area contributed by atoms with Crippen LogP contribution in [0, 0.1) is 6.92 Å². The molecule has 1 heterocycles. The molecular weight excluding hydrogens is 456 g/mol. The molecule has 1 atom stereocenters. The van der Waals surface area contributed by atoms with Gasteiger partial charge in [0, 0.05) is 18.7 Å². The standard InChI is InChI=1S/C25H27ClN4O2S/c1-3-13-33-25-28-16-20(26)22(30-25)24(32)29-21(14-18-7-5-4-6-8-18)23(31)27-15-19-11-9-17(2)10-12-19/h4-12,16,21H,3,13-15H2,1-2H3,(H,27,31)(H,29,32)/t21-/m1/s1. The first-order valence-corrected chi connectivity index (χ1v) is 12.2. The molecule has 2 amide bonds. The number of nitrogens with zero attached hydrogens (tertiary/aromatic N) is 2. The van der Waals surface area contributed by atoms with E-state index in [4.69, 9.17) is 11.6 Å². The van der Waals surface area contributed by atoms with Crippen molar-refractivity contribution in [2.24, 2.45) is 0 Å². The van der Waals surface area contributed by atoms with E-state index in [2.05, 4.69) is 27.5 Å². The summed E-state index contributed by atoms with van der Waals surface area (Å²) in [5, 5.41) is 6.37. The van der Waals surface area contributed by atoms with Crippen LogP contribution in [-0.4, -0.2) is 33.6 Å². The van der Waals surface area contributed by atoms with E-state index in [1.165, 1.54) is 18.0 Å². The van der Waals surface area contributed by atoms with Crippen molar-refractivity contribution in [1.82, 2.24) is 20.6 Å². The molecule has 0 saturated carbocycles. The van der Waals surface area contributed by atoms with Gasteiger partial charge in [0.05, 0.1) is 11.2 Å². The normalized spacial score (nSPS) is 11.6. The van der Waals surface area contributed by atoms with Gasteiger partial charge in [-0.1, -0.05) is 90.4 Å².